The molecule has 2 rings (SSSR count). The molecule has 8 heteroatoms. The number of unbranched alkanes of at least 4 members (excludes halogenated alkanes) is 2. The minimum Gasteiger partial charge on any atom is -0.493 e. The second kappa shape index (κ2) is 15.5. The highest BCUT2D eigenvalue weighted by Crippen LogP contribution is 2.32. The number of nitrogens with zero attached hydrogens (tertiary/aromatic N) is 1. The smallest absolute Gasteiger partial charge is 0.305 e. The first-order valence-corrected chi connectivity index (χ1v) is 10.6. The van der Waals surface area contributed by atoms with Crippen LogP contribution < -0.4 is 15.0 Å². The summed E-state index contributed by atoms with van der Waals surface area (Å²) >= 11 is 0. The highest BCUT2D eigenvalue weighted by atomic mass is 16.5. The normalized spacial score (nSPS) is 13.6. The molecule has 1 heterocycles. The Kier molecular flexibility index (Phi) is 13.3. The van der Waals surface area contributed by atoms with Gasteiger partial charge in [0, 0.05) is 18.1 Å². The zero-order valence-electron chi connectivity index (χ0n) is 18.4. The average molecular weight is 425 g/mol. The summed E-state index contributed by atoms with van der Waals surface area (Å²) in [6.45, 7) is 5.26. The lowest BCUT2D eigenvalue weighted by molar-refractivity contribution is -0.143. The molecule has 1 aliphatic rings. The van der Waals surface area contributed by atoms with E-state index in [4.69, 9.17) is 19.4 Å². The van der Waals surface area contributed by atoms with E-state index in [2.05, 4.69) is 11.9 Å². The second-order valence-corrected chi connectivity index (χ2v) is 7.15. The molecule has 30 heavy (non-hydrogen) atoms. The Morgan fingerprint density at radius 2 is 1.90 bits per heavy atom. The summed E-state index contributed by atoms with van der Waals surface area (Å²) in [5.41, 5.74) is 2.47. The van der Waals surface area contributed by atoms with E-state index in [1.165, 1.54) is 51.6 Å². The standard InChI is InChI=1S/C16H23NO6.C6H13N/c1-3-22-16(19)7-5-4-6-8-23-15-10-13(17-20)12(11-18)9-14(15)21-2;1-7-5-3-2-4-6-7/h9-11,17,20H,3-8H2,1-2H3;2-6H2,1H3. The van der Waals surface area contributed by atoms with Crippen molar-refractivity contribution in [1.82, 2.24) is 4.90 Å². The predicted octanol–water partition coefficient (Wildman–Crippen LogP) is 3.91. The molecule has 170 valence electrons. The van der Waals surface area contributed by atoms with Crippen LogP contribution in [-0.2, 0) is 9.53 Å². The van der Waals surface area contributed by atoms with Crippen LogP contribution in [0.4, 0.5) is 5.69 Å². The van der Waals surface area contributed by atoms with Crippen LogP contribution in [0.15, 0.2) is 12.1 Å². The Morgan fingerprint density at radius 3 is 2.43 bits per heavy atom. The molecule has 0 radical (unpaired) electrons. The van der Waals surface area contributed by atoms with Crippen molar-refractivity contribution in [3.63, 3.8) is 0 Å². The fraction of sp³-hybridized carbons (Fsp3) is 0.636. The quantitative estimate of drug-likeness (QED) is 0.239. The summed E-state index contributed by atoms with van der Waals surface area (Å²) in [7, 11) is 3.67. The van der Waals surface area contributed by atoms with E-state index < -0.39 is 0 Å². The number of anilines is 1. The molecule has 1 fully saturated rings. The molecule has 0 atom stereocenters. The van der Waals surface area contributed by atoms with Gasteiger partial charge in [0.15, 0.2) is 17.8 Å². The molecule has 0 amide bonds. The molecule has 2 N–H and O–H groups in total. The zero-order chi connectivity index (χ0) is 22.2. The molecular formula is C22H36N2O6. The first-order valence-electron chi connectivity index (χ1n) is 10.6. The second-order valence-electron chi connectivity index (χ2n) is 7.15. The van der Waals surface area contributed by atoms with Crippen molar-refractivity contribution in [2.45, 2.75) is 51.9 Å². The number of aldehydes is 1. The van der Waals surface area contributed by atoms with Crippen LogP contribution in [0.2, 0.25) is 0 Å². The van der Waals surface area contributed by atoms with E-state index in [9.17, 15) is 9.59 Å². The van der Waals surface area contributed by atoms with E-state index in [0.717, 1.165) is 19.3 Å². The van der Waals surface area contributed by atoms with Gasteiger partial charge in [-0.25, -0.2) is 0 Å². The average Bonchev–Trinajstić information content (AvgIpc) is 2.76. The van der Waals surface area contributed by atoms with Gasteiger partial charge in [0.05, 0.1) is 26.0 Å². The third kappa shape index (κ3) is 9.93. The fourth-order valence-electron chi connectivity index (χ4n) is 3.06. The van der Waals surface area contributed by atoms with Crippen LogP contribution >= 0.6 is 0 Å². The van der Waals surface area contributed by atoms with Crippen LogP contribution in [0.5, 0.6) is 11.5 Å². The molecule has 0 aliphatic carbocycles. The van der Waals surface area contributed by atoms with Crippen molar-refractivity contribution in [3.05, 3.63) is 17.7 Å². The number of carbonyl (C=O) groups is 2. The molecule has 1 aliphatic heterocycles. The summed E-state index contributed by atoms with van der Waals surface area (Å²) in [5, 5.41) is 9.03. The summed E-state index contributed by atoms with van der Waals surface area (Å²) in [6, 6.07) is 2.99. The number of piperidine rings is 1. The maximum atomic E-state index is 11.2. The van der Waals surface area contributed by atoms with Crippen molar-refractivity contribution in [3.8, 4) is 11.5 Å². The summed E-state index contributed by atoms with van der Waals surface area (Å²) in [6.07, 6.45) is 7.63. The lowest BCUT2D eigenvalue weighted by Crippen LogP contribution is -2.24. The zero-order valence-corrected chi connectivity index (χ0v) is 18.4. The van der Waals surface area contributed by atoms with E-state index in [1.807, 2.05) is 5.48 Å². The highest BCUT2D eigenvalue weighted by Gasteiger charge is 2.11. The Morgan fingerprint density at radius 1 is 1.17 bits per heavy atom. The van der Waals surface area contributed by atoms with Crippen molar-refractivity contribution < 1.29 is 29.0 Å². The monoisotopic (exact) mass is 424 g/mol. The third-order valence-electron chi connectivity index (χ3n) is 4.75. The topological polar surface area (TPSA) is 97.3 Å². The molecule has 0 saturated carbocycles. The first kappa shape index (κ1) is 25.7. The number of nitrogens with one attached hydrogen (secondary N) is 1. The van der Waals surface area contributed by atoms with Crippen LogP contribution in [0.3, 0.4) is 0 Å². The third-order valence-corrected chi connectivity index (χ3v) is 4.75. The molecule has 1 aromatic rings. The number of hydrogen-bond donors (Lipinski definition) is 2. The van der Waals surface area contributed by atoms with Gasteiger partial charge >= 0.3 is 5.97 Å². The van der Waals surface area contributed by atoms with Gasteiger partial charge in [0.2, 0.25) is 0 Å². The SMILES string of the molecule is CCOC(=O)CCCCCOc1cc(NO)c(C=O)cc1OC.CN1CCCCC1. The number of hydrogen-bond acceptors (Lipinski definition) is 8. The fourth-order valence-corrected chi connectivity index (χ4v) is 3.06. The van der Waals surface area contributed by atoms with Crippen molar-refractivity contribution in [2.24, 2.45) is 0 Å². The van der Waals surface area contributed by atoms with Gasteiger partial charge in [-0.15, -0.1) is 0 Å². The van der Waals surface area contributed by atoms with Gasteiger partial charge in [-0.2, -0.15) is 0 Å². The Labute approximate surface area is 179 Å². The minimum absolute atomic E-state index is 0.182. The summed E-state index contributed by atoms with van der Waals surface area (Å²) in [4.78, 5) is 24.5. The van der Waals surface area contributed by atoms with Gasteiger partial charge in [-0.1, -0.05) is 6.42 Å². The van der Waals surface area contributed by atoms with Crippen molar-refractivity contribution in [1.29, 1.82) is 0 Å². The van der Waals surface area contributed by atoms with E-state index >= 15 is 0 Å². The number of methoxy groups -OCH3 is 1. The molecule has 0 unspecified atom stereocenters. The maximum absolute atomic E-state index is 11.2. The Bertz CT molecular complexity index is 632. The van der Waals surface area contributed by atoms with Gasteiger partial charge in [0.1, 0.15) is 0 Å². The number of carbonyl (C=O) groups excluding carboxylic acids is 2. The molecule has 0 spiro atoms. The lowest BCUT2D eigenvalue weighted by atomic mass is 10.1. The van der Waals surface area contributed by atoms with Crippen molar-refractivity contribution >= 4 is 17.9 Å². The molecule has 0 aromatic heterocycles. The maximum Gasteiger partial charge on any atom is 0.305 e. The molecule has 1 saturated heterocycles. The molecule has 1 aromatic carbocycles. The predicted molar refractivity (Wildman–Crippen MR) is 116 cm³/mol. The largest absolute Gasteiger partial charge is 0.493 e. The van der Waals surface area contributed by atoms with Crippen LogP contribution in [0, 0.1) is 0 Å². The van der Waals surface area contributed by atoms with Crippen LogP contribution in [-0.4, -0.2) is 62.8 Å². The number of rotatable bonds is 11. The van der Waals surface area contributed by atoms with Crippen molar-refractivity contribution in [2.75, 3.05) is 45.9 Å². The van der Waals surface area contributed by atoms with E-state index in [-0.39, 0.29) is 17.2 Å². The van der Waals surface area contributed by atoms with Gasteiger partial charge in [-0.05, 0) is 65.2 Å². The van der Waals surface area contributed by atoms with Gasteiger partial charge in [-0.3, -0.25) is 20.3 Å². The molecule has 8 nitrogen and oxygen atoms in total. The lowest BCUT2D eigenvalue weighted by Gasteiger charge is -2.20. The number of esters is 1. The summed E-state index contributed by atoms with van der Waals surface area (Å²) < 4.78 is 15.6. The number of benzene rings is 1. The van der Waals surface area contributed by atoms with Gasteiger partial charge in [0.25, 0.3) is 0 Å². The number of ether oxygens (including phenoxy) is 3. The van der Waals surface area contributed by atoms with Crippen LogP contribution in [0.25, 0.3) is 0 Å². The summed E-state index contributed by atoms with van der Waals surface area (Å²) in [5.74, 6) is 0.663. The molecular weight excluding hydrogens is 388 g/mol. The number of likely N-dealkylation sites (tertiary alicyclic amines) is 1. The first-order chi connectivity index (χ1) is 14.5. The Hall–Kier alpha value is -2.32. The van der Waals surface area contributed by atoms with Gasteiger partial charge < -0.3 is 19.1 Å². The van der Waals surface area contributed by atoms with Crippen LogP contribution in [0.1, 0.15) is 62.2 Å². The van der Waals surface area contributed by atoms with E-state index in [1.54, 1.807) is 6.92 Å². The molecule has 0 bridgehead atoms. The minimum atomic E-state index is -0.182. The highest BCUT2D eigenvalue weighted by molar-refractivity contribution is 5.85. The van der Waals surface area contributed by atoms with E-state index in [0.29, 0.717) is 37.4 Å². The Balaban J connectivity index is 0.000000539.